The van der Waals surface area contributed by atoms with Crippen LogP contribution in [-0.2, 0) is 13.1 Å². The molecule has 1 aromatic rings. The number of imidazole rings is 1. The topological polar surface area (TPSA) is 61.5 Å². The second-order valence-corrected chi connectivity index (χ2v) is 5.07. The number of β-amino-alcohol motifs (C(OH)–C–C–N with tert-alkyl or cyclic N) is 1. The minimum absolute atomic E-state index is 0.0386. The Balaban J connectivity index is 1.92. The van der Waals surface area contributed by atoms with E-state index in [4.69, 9.17) is 5.11 Å². The van der Waals surface area contributed by atoms with Crippen molar-refractivity contribution < 1.29 is 10.2 Å². The van der Waals surface area contributed by atoms with E-state index in [1.165, 1.54) is 0 Å². The summed E-state index contributed by atoms with van der Waals surface area (Å²) >= 11 is 0. The highest BCUT2D eigenvalue weighted by Gasteiger charge is 2.27. The Morgan fingerprint density at radius 3 is 3.00 bits per heavy atom. The van der Waals surface area contributed by atoms with Crippen molar-refractivity contribution >= 4 is 0 Å². The summed E-state index contributed by atoms with van der Waals surface area (Å²) < 4.78 is 2.17. The molecular formula is C13H23N3O2. The van der Waals surface area contributed by atoms with Crippen LogP contribution in [0.4, 0.5) is 0 Å². The molecule has 2 heterocycles. The molecule has 1 aliphatic rings. The Bertz CT molecular complexity index is 367. The van der Waals surface area contributed by atoms with Crippen molar-refractivity contribution in [2.45, 2.75) is 39.0 Å². The highest BCUT2D eigenvalue weighted by atomic mass is 16.3. The molecule has 2 atom stereocenters. The van der Waals surface area contributed by atoms with E-state index in [1.54, 1.807) is 0 Å². The third kappa shape index (κ3) is 3.10. The SMILES string of the molecule is CCCn1ccnc1CN1CC[C@H](CO)[C@H](O)C1. The van der Waals surface area contributed by atoms with E-state index in [0.29, 0.717) is 6.54 Å². The van der Waals surface area contributed by atoms with Crippen molar-refractivity contribution in [2.75, 3.05) is 19.7 Å². The molecule has 0 aromatic carbocycles. The monoisotopic (exact) mass is 253 g/mol. The number of piperidine rings is 1. The van der Waals surface area contributed by atoms with Gasteiger partial charge in [-0.3, -0.25) is 4.90 Å². The summed E-state index contributed by atoms with van der Waals surface area (Å²) in [7, 11) is 0. The van der Waals surface area contributed by atoms with Gasteiger partial charge in [0.1, 0.15) is 5.82 Å². The van der Waals surface area contributed by atoms with E-state index in [9.17, 15) is 5.11 Å². The fraction of sp³-hybridized carbons (Fsp3) is 0.769. The van der Waals surface area contributed by atoms with Gasteiger partial charge in [-0.15, -0.1) is 0 Å². The second kappa shape index (κ2) is 6.31. The maximum Gasteiger partial charge on any atom is 0.122 e. The molecule has 0 aliphatic carbocycles. The zero-order valence-electron chi connectivity index (χ0n) is 11.0. The maximum atomic E-state index is 9.91. The number of aromatic nitrogens is 2. The minimum Gasteiger partial charge on any atom is -0.396 e. The molecule has 0 amide bonds. The van der Waals surface area contributed by atoms with Crippen LogP contribution in [0.1, 0.15) is 25.6 Å². The second-order valence-electron chi connectivity index (χ2n) is 5.07. The molecule has 5 nitrogen and oxygen atoms in total. The Morgan fingerprint density at radius 2 is 2.33 bits per heavy atom. The molecule has 1 aliphatic heterocycles. The molecule has 5 heteroatoms. The average molecular weight is 253 g/mol. The van der Waals surface area contributed by atoms with E-state index >= 15 is 0 Å². The number of hydrogen-bond acceptors (Lipinski definition) is 4. The van der Waals surface area contributed by atoms with Gasteiger partial charge in [0.2, 0.25) is 0 Å². The number of likely N-dealkylation sites (tertiary alicyclic amines) is 1. The van der Waals surface area contributed by atoms with Gasteiger partial charge in [0.25, 0.3) is 0 Å². The zero-order chi connectivity index (χ0) is 13.0. The highest BCUT2D eigenvalue weighted by Crippen LogP contribution is 2.18. The minimum atomic E-state index is -0.418. The number of aryl methyl sites for hydroxylation is 1. The van der Waals surface area contributed by atoms with Gasteiger partial charge in [-0.25, -0.2) is 4.98 Å². The van der Waals surface area contributed by atoms with Crippen molar-refractivity contribution in [3.05, 3.63) is 18.2 Å². The van der Waals surface area contributed by atoms with E-state index in [-0.39, 0.29) is 12.5 Å². The maximum absolute atomic E-state index is 9.91. The zero-order valence-corrected chi connectivity index (χ0v) is 11.0. The molecule has 2 rings (SSSR count). The van der Waals surface area contributed by atoms with E-state index in [0.717, 1.165) is 38.3 Å². The molecule has 1 saturated heterocycles. The Labute approximate surface area is 108 Å². The fourth-order valence-corrected chi connectivity index (χ4v) is 2.54. The number of aliphatic hydroxyl groups is 2. The summed E-state index contributed by atoms with van der Waals surface area (Å²) in [6, 6.07) is 0. The van der Waals surface area contributed by atoms with Gasteiger partial charge in [0.05, 0.1) is 12.6 Å². The van der Waals surface area contributed by atoms with Crippen LogP contribution in [-0.4, -0.2) is 50.5 Å². The largest absolute Gasteiger partial charge is 0.396 e. The van der Waals surface area contributed by atoms with Gasteiger partial charge >= 0.3 is 0 Å². The standard InChI is InChI=1S/C13H23N3O2/c1-2-5-16-7-4-14-13(16)9-15-6-3-11(10-17)12(18)8-15/h4,7,11-12,17-18H,2-3,5-6,8-10H2,1H3/t11-,12-/m1/s1. The van der Waals surface area contributed by atoms with Gasteiger partial charge in [-0.1, -0.05) is 6.92 Å². The molecule has 2 N–H and O–H groups in total. The first-order chi connectivity index (χ1) is 8.74. The Kier molecular flexibility index (Phi) is 4.74. The van der Waals surface area contributed by atoms with Crippen molar-refractivity contribution in [1.29, 1.82) is 0 Å². The van der Waals surface area contributed by atoms with E-state index < -0.39 is 6.10 Å². The van der Waals surface area contributed by atoms with E-state index in [2.05, 4.69) is 21.4 Å². The summed E-state index contributed by atoms with van der Waals surface area (Å²) in [6.45, 7) is 5.55. The van der Waals surface area contributed by atoms with Crippen molar-refractivity contribution in [3.63, 3.8) is 0 Å². The van der Waals surface area contributed by atoms with Crippen LogP contribution in [0.5, 0.6) is 0 Å². The van der Waals surface area contributed by atoms with Crippen LogP contribution in [0.2, 0.25) is 0 Å². The lowest BCUT2D eigenvalue weighted by Crippen LogP contribution is -2.44. The van der Waals surface area contributed by atoms with Crippen LogP contribution in [0, 0.1) is 5.92 Å². The smallest absolute Gasteiger partial charge is 0.122 e. The van der Waals surface area contributed by atoms with Crippen molar-refractivity contribution in [1.82, 2.24) is 14.5 Å². The molecule has 102 valence electrons. The number of aliphatic hydroxyl groups excluding tert-OH is 2. The lowest BCUT2D eigenvalue weighted by Gasteiger charge is -2.34. The van der Waals surface area contributed by atoms with Crippen molar-refractivity contribution in [2.24, 2.45) is 5.92 Å². The van der Waals surface area contributed by atoms with Gasteiger partial charge in [-0.05, 0) is 19.4 Å². The van der Waals surface area contributed by atoms with Gasteiger partial charge < -0.3 is 14.8 Å². The summed E-state index contributed by atoms with van der Waals surface area (Å²) in [4.78, 5) is 6.60. The number of nitrogens with zero attached hydrogens (tertiary/aromatic N) is 3. The predicted octanol–water partition coefficient (Wildman–Crippen LogP) is 0.468. The predicted molar refractivity (Wildman–Crippen MR) is 69.0 cm³/mol. The third-order valence-corrected chi connectivity index (χ3v) is 3.67. The fourth-order valence-electron chi connectivity index (χ4n) is 2.54. The molecule has 0 saturated carbocycles. The lowest BCUT2D eigenvalue weighted by molar-refractivity contribution is -0.00546. The first-order valence-electron chi connectivity index (χ1n) is 6.76. The van der Waals surface area contributed by atoms with Gasteiger partial charge in [0, 0.05) is 38.0 Å². The molecule has 0 spiro atoms. The molecule has 0 unspecified atom stereocenters. The van der Waals surface area contributed by atoms with Crippen LogP contribution in [0.3, 0.4) is 0 Å². The lowest BCUT2D eigenvalue weighted by atomic mass is 9.95. The average Bonchev–Trinajstić information content (AvgIpc) is 2.78. The quantitative estimate of drug-likeness (QED) is 0.801. The molecule has 18 heavy (non-hydrogen) atoms. The number of rotatable bonds is 5. The van der Waals surface area contributed by atoms with Crippen molar-refractivity contribution in [3.8, 4) is 0 Å². The summed E-state index contributed by atoms with van der Waals surface area (Å²) in [6.07, 6.45) is 5.38. The first-order valence-corrected chi connectivity index (χ1v) is 6.76. The summed E-state index contributed by atoms with van der Waals surface area (Å²) in [5.41, 5.74) is 0. The first kappa shape index (κ1) is 13.5. The highest BCUT2D eigenvalue weighted by molar-refractivity contribution is 4.93. The molecule has 0 radical (unpaired) electrons. The Hall–Kier alpha value is -0.910. The molecular weight excluding hydrogens is 230 g/mol. The normalized spacial score (nSPS) is 25.5. The van der Waals surface area contributed by atoms with Gasteiger partial charge in [-0.2, -0.15) is 0 Å². The van der Waals surface area contributed by atoms with Crippen LogP contribution in [0.15, 0.2) is 12.4 Å². The van der Waals surface area contributed by atoms with E-state index in [1.807, 2.05) is 12.4 Å². The summed E-state index contributed by atoms with van der Waals surface area (Å²) in [5, 5.41) is 19.0. The molecule has 1 aromatic heterocycles. The number of hydrogen-bond donors (Lipinski definition) is 2. The molecule has 1 fully saturated rings. The van der Waals surface area contributed by atoms with Crippen LogP contribution < -0.4 is 0 Å². The van der Waals surface area contributed by atoms with Crippen LogP contribution in [0.25, 0.3) is 0 Å². The Morgan fingerprint density at radius 1 is 1.50 bits per heavy atom. The molecule has 0 bridgehead atoms. The third-order valence-electron chi connectivity index (χ3n) is 3.67. The van der Waals surface area contributed by atoms with Crippen LogP contribution >= 0.6 is 0 Å². The summed E-state index contributed by atoms with van der Waals surface area (Å²) in [5.74, 6) is 1.10. The van der Waals surface area contributed by atoms with Gasteiger partial charge in [0.15, 0.2) is 0 Å².